The van der Waals surface area contributed by atoms with Crippen molar-refractivity contribution in [2.24, 2.45) is 5.92 Å². The summed E-state index contributed by atoms with van der Waals surface area (Å²) in [4.78, 5) is 18.6. The van der Waals surface area contributed by atoms with Crippen LogP contribution in [0.5, 0.6) is 5.75 Å². The Morgan fingerprint density at radius 1 is 1.17 bits per heavy atom. The molecule has 9 nitrogen and oxygen atoms in total. The number of methoxy groups -OCH3 is 1. The van der Waals surface area contributed by atoms with E-state index in [0.29, 0.717) is 22.3 Å². The molecule has 0 saturated carbocycles. The zero-order valence-corrected chi connectivity index (χ0v) is 16.6. The molecule has 1 N–H and O–H groups in total. The number of nitrogens with one attached hydrogen (secondary N) is 1. The molecule has 0 unspecified atom stereocenters. The van der Waals surface area contributed by atoms with E-state index >= 15 is 0 Å². The fourth-order valence-corrected chi connectivity index (χ4v) is 3.55. The molecule has 1 aliphatic heterocycles. The molecule has 150 valence electrons. The Labute approximate surface area is 172 Å². The molecule has 4 rings (SSSR count). The van der Waals surface area contributed by atoms with Gasteiger partial charge < -0.3 is 15.0 Å². The Morgan fingerprint density at radius 3 is 2.55 bits per heavy atom. The summed E-state index contributed by atoms with van der Waals surface area (Å²) in [7, 11) is 1.56. The molecule has 29 heavy (non-hydrogen) atoms. The fraction of sp³-hybridized carbons (Fsp3) is 0.316. The van der Waals surface area contributed by atoms with Crippen molar-refractivity contribution >= 4 is 29.0 Å². The van der Waals surface area contributed by atoms with Gasteiger partial charge in [-0.1, -0.05) is 11.6 Å². The zero-order valence-electron chi connectivity index (χ0n) is 15.8. The van der Waals surface area contributed by atoms with Crippen molar-refractivity contribution in [2.75, 3.05) is 30.4 Å². The molecule has 3 aromatic rings. The lowest BCUT2D eigenvalue weighted by atomic mass is 9.96. The molecule has 1 fully saturated rings. The maximum absolute atomic E-state index is 12.6. The highest BCUT2D eigenvalue weighted by atomic mass is 35.5. The number of anilines is 2. The highest BCUT2D eigenvalue weighted by Gasteiger charge is 2.26. The average Bonchev–Trinajstić information content (AvgIpc) is 3.29. The van der Waals surface area contributed by atoms with Crippen molar-refractivity contribution in [3.63, 3.8) is 0 Å². The largest absolute Gasteiger partial charge is 0.495 e. The van der Waals surface area contributed by atoms with E-state index in [-0.39, 0.29) is 11.8 Å². The quantitative estimate of drug-likeness (QED) is 0.686. The minimum atomic E-state index is -0.0606. The molecule has 0 bridgehead atoms. The van der Waals surface area contributed by atoms with Gasteiger partial charge in [0.15, 0.2) is 11.6 Å². The Kier molecular flexibility index (Phi) is 5.57. The summed E-state index contributed by atoms with van der Waals surface area (Å²) in [6, 6.07) is 8.97. The van der Waals surface area contributed by atoms with Crippen LogP contribution in [-0.4, -0.2) is 51.1 Å². The number of halogens is 1. The molecule has 3 heterocycles. The van der Waals surface area contributed by atoms with E-state index in [1.807, 2.05) is 12.1 Å². The van der Waals surface area contributed by atoms with E-state index in [1.54, 1.807) is 36.3 Å². The van der Waals surface area contributed by atoms with Gasteiger partial charge in [-0.3, -0.25) is 4.79 Å². The first-order chi connectivity index (χ1) is 14.1. The third kappa shape index (κ3) is 4.29. The highest BCUT2D eigenvalue weighted by molar-refractivity contribution is 6.32. The minimum absolute atomic E-state index is 0.00139. The molecule has 1 aliphatic rings. The van der Waals surface area contributed by atoms with Gasteiger partial charge >= 0.3 is 0 Å². The molecule has 0 atom stereocenters. The van der Waals surface area contributed by atoms with E-state index in [4.69, 9.17) is 16.3 Å². The van der Waals surface area contributed by atoms with Gasteiger partial charge in [0, 0.05) is 24.7 Å². The zero-order chi connectivity index (χ0) is 20.2. The van der Waals surface area contributed by atoms with Crippen LogP contribution in [0.3, 0.4) is 0 Å². The van der Waals surface area contributed by atoms with Crippen LogP contribution in [0.15, 0.2) is 43.0 Å². The first-order valence-electron chi connectivity index (χ1n) is 9.22. The van der Waals surface area contributed by atoms with Crippen LogP contribution in [-0.2, 0) is 4.79 Å². The summed E-state index contributed by atoms with van der Waals surface area (Å²) in [5.41, 5.74) is 0.665. The third-order valence-electron chi connectivity index (χ3n) is 4.90. The maximum atomic E-state index is 12.6. The molecule has 0 spiro atoms. The number of ether oxygens (including phenoxy) is 1. The van der Waals surface area contributed by atoms with E-state index in [0.717, 1.165) is 31.7 Å². The smallest absolute Gasteiger partial charge is 0.227 e. The molecule has 0 radical (unpaired) electrons. The summed E-state index contributed by atoms with van der Waals surface area (Å²) < 4.78 is 6.69. The molecule has 10 heteroatoms. The standard InChI is InChI=1S/C19H20ClN7O2/c1-29-16-3-2-14(10-15(16)20)23-19(28)13-6-8-26(9-7-13)17-4-5-18(25-24-17)27-12-21-11-22-27/h2-5,10-13H,6-9H2,1H3,(H,23,28). The number of hydrogen-bond donors (Lipinski definition) is 1. The monoisotopic (exact) mass is 413 g/mol. The predicted molar refractivity (Wildman–Crippen MR) is 109 cm³/mol. The second kappa shape index (κ2) is 8.44. The molecular weight excluding hydrogens is 394 g/mol. The lowest BCUT2D eigenvalue weighted by Gasteiger charge is -2.31. The third-order valence-corrected chi connectivity index (χ3v) is 5.19. The molecule has 0 aliphatic carbocycles. The summed E-state index contributed by atoms with van der Waals surface area (Å²) in [5.74, 6) is 1.91. The van der Waals surface area contributed by atoms with Crippen molar-refractivity contribution in [2.45, 2.75) is 12.8 Å². The minimum Gasteiger partial charge on any atom is -0.495 e. The van der Waals surface area contributed by atoms with Crippen LogP contribution in [0.4, 0.5) is 11.5 Å². The van der Waals surface area contributed by atoms with Crippen LogP contribution in [0.25, 0.3) is 5.82 Å². The molecule has 1 amide bonds. The van der Waals surface area contributed by atoms with Gasteiger partial charge in [0.25, 0.3) is 0 Å². The van der Waals surface area contributed by atoms with Gasteiger partial charge in [0.2, 0.25) is 5.91 Å². The number of benzene rings is 1. The van der Waals surface area contributed by atoms with E-state index in [9.17, 15) is 4.79 Å². The van der Waals surface area contributed by atoms with Crippen LogP contribution in [0.1, 0.15) is 12.8 Å². The summed E-state index contributed by atoms with van der Waals surface area (Å²) >= 11 is 6.12. The second-order valence-corrected chi connectivity index (χ2v) is 7.10. The van der Waals surface area contributed by atoms with Crippen molar-refractivity contribution in [1.82, 2.24) is 25.0 Å². The lowest BCUT2D eigenvalue weighted by Crippen LogP contribution is -2.38. The number of nitrogens with zero attached hydrogens (tertiary/aromatic N) is 6. The number of rotatable bonds is 5. The van der Waals surface area contributed by atoms with Crippen LogP contribution < -0.4 is 15.0 Å². The van der Waals surface area contributed by atoms with Gasteiger partial charge in [-0.15, -0.1) is 10.2 Å². The first-order valence-corrected chi connectivity index (χ1v) is 9.60. The highest BCUT2D eigenvalue weighted by Crippen LogP contribution is 2.28. The molecule has 1 saturated heterocycles. The van der Waals surface area contributed by atoms with Crippen LogP contribution in [0.2, 0.25) is 5.02 Å². The van der Waals surface area contributed by atoms with E-state index in [1.165, 1.54) is 6.33 Å². The topological polar surface area (TPSA) is 98.1 Å². The first kappa shape index (κ1) is 19.1. The van der Waals surface area contributed by atoms with E-state index in [2.05, 4.69) is 30.5 Å². The lowest BCUT2D eigenvalue weighted by molar-refractivity contribution is -0.120. The fourth-order valence-electron chi connectivity index (χ4n) is 3.29. The van der Waals surface area contributed by atoms with Gasteiger partial charge in [-0.25, -0.2) is 9.67 Å². The maximum Gasteiger partial charge on any atom is 0.227 e. The molecule has 1 aromatic carbocycles. The second-order valence-electron chi connectivity index (χ2n) is 6.69. The van der Waals surface area contributed by atoms with Crippen molar-refractivity contribution in [3.8, 4) is 11.6 Å². The van der Waals surface area contributed by atoms with E-state index < -0.39 is 0 Å². The SMILES string of the molecule is COc1ccc(NC(=O)C2CCN(c3ccc(-n4cncn4)nn3)CC2)cc1Cl. The van der Waals surface area contributed by atoms with Crippen molar-refractivity contribution in [1.29, 1.82) is 0 Å². The van der Waals surface area contributed by atoms with Gasteiger partial charge in [0.05, 0.1) is 12.1 Å². The van der Waals surface area contributed by atoms with Crippen LogP contribution in [0, 0.1) is 5.92 Å². The number of hydrogen-bond acceptors (Lipinski definition) is 7. The number of amides is 1. The van der Waals surface area contributed by atoms with Crippen molar-refractivity contribution in [3.05, 3.63) is 48.0 Å². The van der Waals surface area contributed by atoms with Gasteiger partial charge in [0.1, 0.15) is 18.4 Å². The predicted octanol–water partition coefficient (Wildman–Crippen LogP) is 2.57. The normalized spacial score (nSPS) is 14.6. The van der Waals surface area contributed by atoms with Gasteiger partial charge in [-0.05, 0) is 43.2 Å². The average molecular weight is 414 g/mol. The molecule has 2 aromatic heterocycles. The Balaban J connectivity index is 1.33. The summed E-state index contributed by atoms with van der Waals surface area (Å²) in [6.45, 7) is 1.47. The molecular formula is C19H20ClN7O2. The Morgan fingerprint density at radius 2 is 1.93 bits per heavy atom. The van der Waals surface area contributed by atoms with Crippen LogP contribution >= 0.6 is 11.6 Å². The number of aromatic nitrogens is 5. The summed E-state index contributed by atoms with van der Waals surface area (Å²) in [6.07, 6.45) is 4.50. The Bertz CT molecular complexity index is 971. The summed E-state index contributed by atoms with van der Waals surface area (Å²) in [5, 5.41) is 15.9. The number of carbonyl (C=O) groups excluding carboxylic acids is 1. The van der Waals surface area contributed by atoms with Gasteiger partial charge in [-0.2, -0.15) is 5.10 Å². The van der Waals surface area contributed by atoms with Crippen molar-refractivity contribution < 1.29 is 9.53 Å². The Hall–Kier alpha value is -3.20. The number of piperidine rings is 1. The number of carbonyl (C=O) groups is 1.